The fourth-order valence-corrected chi connectivity index (χ4v) is 4.02. The van der Waals surface area contributed by atoms with Gasteiger partial charge in [-0.3, -0.25) is 0 Å². The molecule has 0 bridgehead atoms. The van der Waals surface area contributed by atoms with E-state index < -0.39 is 0 Å². The first-order valence-corrected chi connectivity index (χ1v) is 7.33. The molecule has 0 aromatic heterocycles. The van der Waals surface area contributed by atoms with Crippen LogP contribution in [0.1, 0.15) is 26.2 Å². The highest BCUT2D eigenvalue weighted by Gasteiger charge is 2.26. The number of hydrogen-bond donors (Lipinski definition) is 1. The summed E-state index contributed by atoms with van der Waals surface area (Å²) in [5, 5.41) is 4.32. The number of thioether (sulfide) groups is 1. The Morgan fingerprint density at radius 1 is 1.33 bits per heavy atom. The largest absolute Gasteiger partial charge is 0.317 e. The Labute approximate surface area is 98.2 Å². The van der Waals surface area contributed by atoms with E-state index in [9.17, 15) is 0 Å². The molecule has 2 unspecified atom stereocenters. The lowest BCUT2D eigenvalue weighted by Crippen LogP contribution is -2.39. The molecule has 2 rings (SSSR count). The molecule has 2 nitrogen and oxygen atoms in total. The third kappa shape index (κ3) is 3.36. The molecular weight excluding hydrogens is 204 g/mol. The van der Waals surface area contributed by atoms with Gasteiger partial charge in [0.1, 0.15) is 0 Å². The first-order chi connectivity index (χ1) is 7.25. The molecule has 15 heavy (non-hydrogen) atoms. The van der Waals surface area contributed by atoms with Crippen LogP contribution in [0.5, 0.6) is 0 Å². The summed E-state index contributed by atoms with van der Waals surface area (Å²) in [6.45, 7) is 6.14. The van der Waals surface area contributed by atoms with Crippen molar-refractivity contribution in [3.8, 4) is 0 Å². The van der Waals surface area contributed by atoms with Gasteiger partial charge in [0.25, 0.3) is 0 Å². The molecule has 88 valence electrons. The van der Waals surface area contributed by atoms with Gasteiger partial charge in [-0.2, -0.15) is 11.8 Å². The zero-order valence-corrected chi connectivity index (χ0v) is 10.9. The average molecular weight is 228 g/mol. The van der Waals surface area contributed by atoms with Crippen LogP contribution in [0.3, 0.4) is 0 Å². The van der Waals surface area contributed by atoms with Crippen molar-refractivity contribution in [3.05, 3.63) is 0 Å². The quantitative estimate of drug-likeness (QED) is 0.793. The predicted octanol–water partition coefficient (Wildman–Crippen LogP) is 1.81. The summed E-state index contributed by atoms with van der Waals surface area (Å²) in [4.78, 5) is 2.62. The third-order valence-electron chi connectivity index (χ3n) is 3.81. The van der Waals surface area contributed by atoms with Crippen LogP contribution in [0.25, 0.3) is 0 Å². The maximum Gasteiger partial charge on any atom is 0.0193 e. The average Bonchev–Trinajstić information content (AvgIpc) is 2.66. The number of nitrogens with one attached hydrogen (secondary N) is 1. The van der Waals surface area contributed by atoms with Crippen LogP contribution < -0.4 is 5.32 Å². The molecule has 2 saturated heterocycles. The minimum Gasteiger partial charge on any atom is -0.317 e. The first-order valence-electron chi connectivity index (χ1n) is 6.28. The van der Waals surface area contributed by atoms with Crippen molar-refractivity contribution in [1.29, 1.82) is 0 Å². The van der Waals surface area contributed by atoms with Crippen LogP contribution in [-0.4, -0.2) is 48.6 Å². The smallest absolute Gasteiger partial charge is 0.0193 e. The number of nitrogens with zero attached hydrogens (tertiary/aromatic N) is 1. The Morgan fingerprint density at radius 3 is 2.67 bits per heavy atom. The lowest BCUT2D eigenvalue weighted by molar-refractivity contribution is 0.196. The van der Waals surface area contributed by atoms with Gasteiger partial charge in [0.15, 0.2) is 0 Å². The molecule has 0 spiro atoms. The summed E-state index contributed by atoms with van der Waals surface area (Å²) in [7, 11) is 2.32. The predicted molar refractivity (Wildman–Crippen MR) is 68.5 cm³/mol. The van der Waals surface area contributed by atoms with Gasteiger partial charge in [-0.25, -0.2) is 0 Å². The third-order valence-corrected chi connectivity index (χ3v) is 5.14. The van der Waals surface area contributed by atoms with E-state index in [1.165, 1.54) is 44.6 Å². The fraction of sp³-hybridized carbons (Fsp3) is 1.00. The normalized spacial score (nSPS) is 33.8. The van der Waals surface area contributed by atoms with Crippen LogP contribution in [-0.2, 0) is 0 Å². The molecule has 0 aliphatic carbocycles. The molecule has 2 aliphatic heterocycles. The zero-order chi connectivity index (χ0) is 10.7. The zero-order valence-electron chi connectivity index (χ0n) is 10.0. The molecule has 2 heterocycles. The molecular formula is C12H24N2S. The highest BCUT2D eigenvalue weighted by Crippen LogP contribution is 2.29. The van der Waals surface area contributed by atoms with Crippen molar-refractivity contribution in [2.45, 2.75) is 37.5 Å². The number of hydrogen-bond acceptors (Lipinski definition) is 3. The highest BCUT2D eigenvalue weighted by molar-refractivity contribution is 8.00. The Balaban J connectivity index is 1.73. The van der Waals surface area contributed by atoms with E-state index in [1.807, 2.05) is 0 Å². The van der Waals surface area contributed by atoms with E-state index in [0.717, 1.165) is 17.2 Å². The van der Waals surface area contributed by atoms with Crippen molar-refractivity contribution in [3.63, 3.8) is 0 Å². The molecule has 0 saturated carbocycles. The van der Waals surface area contributed by atoms with Crippen molar-refractivity contribution in [2.24, 2.45) is 5.92 Å². The Morgan fingerprint density at radius 2 is 2.07 bits per heavy atom. The molecule has 2 fully saturated rings. The Hall–Kier alpha value is 0.270. The summed E-state index contributed by atoms with van der Waals surface area (Å²) < 4.78 is 0. The molecule has 0 radical (unpaired) electrons. The second-order valence-corrected chi connectivity index (χ2v) is 6.64. The van der Waals surface area contributed by atoms with Crippen LogP contribution in [0.15, 0.2) is 0 Å². The lowest BCUT2D eigenvalue weighted by Gasteiger charge is -2.30. The Kier molecular flexibility index (Phi) is 4.35. The van der Waals surface area contributed by atoms with Gasteiger partial charge in [0.2, 0.25) is 0 Å². The van der Waals surface area contributed by atoms with Crippen LogP contribution >= 0.6 is 11.8 Å². The summed E-state index contributed by atoms with van der Waals surface area (Å²) >= 11 is 2.14. The van der Waals surface area contributed by atoms with Gasteiger partial charge >= 0.3 is 0 Å². The summed E-state index contributed by atoms with van der Waals surface area (Å²) in [6.07, 6.45) is 4.14. The molecule has 0 amide bonds. The van der Waals surface area contributed by atoms with Crippen molar-refractivity contribution in [1.82, 2.24) is 10.2 Å². The fourth-order valence-electron chi connectivity index (χ4n) is 2.72. The van der Waals surface area contributed by atoms with Gasteiger partial charge in [0, 0.05) is 23.6 Å². The number of piperidine rings is 1. The molecule has 2 aliphatic rings. The van der Waals surface area contributed by atoms with Gasteiger partial charge < -0.3 is 10.2 Å². The van der Waals surface area contributed by atoms with Gasteiger partial charge in [-0.1, -0.05) is 6.92 Å². The lowest BCUT2D eigenvalue weighted by atomic mass is 9.97. The van der Waals surface area contributed by atoms with Crippen molar-refractivity contribution >= 4 is 11.8 Å². The second kappa shape index (κ2) is 5.55. The van der Waals surface area contributed by atoms with Crippen molar-refractivity contribution < 1.29 is 0 Å². The summed E-state index contributed by atoms with van der Waals surface area (Å²) in [5.41, 5.74) is 0. The molecule has 1 N–H and O–H groups in total. The van der Waals surface area contributed by atoms with Gasteiger partial charge in [0.05, 0.1) is 0 Å². The molecule has 3 heteroatoms. The first kappa shape index (κ1) is 11.7. The van der Waals surface area contributed by atoms with E-state index in [1.54, 1.807) is 0 Å². The van der Waals surface area contributed by atoms with E-state index in [-0.39, 0.29) is 0 Å². The van der Waals surface area contributed by atoms with Gasteiger partial charge in [-0.15, -0.1) is 0 Å². The maximum atomic E-state index is 3.44. The maximum absolute atomic E-state index is 3.44. The number of rotatable bonds is 3. The molecule has 0 aromatic carbocycles. The van der Waals surface area contributed by atoms with Crippen molar-refractivity contribution in [2.75, 3.05) is 32.4 Å². The second-order valence-electron chi connectivity index (χ2n) is 5.17. The van der Waals surface area contributed by atoms with Crippen LogP contribution in [0.2, 0.25) is 0 Å². The molecule has 0 aromatic rings. The Bertz CT molecular complexity index is 192. The van der Waals surface area contributed by atoms with E-state index in [2.05, 4.69) is 35.9 Å². The van der Waals surface area contributed by atoms with Crippen LogP contribution in [0, 0.1) is 5.92 Å². The molecule has 2 atom stereocenters. The van der Waals surface area contributed by atoms with Crippen LogP contribution in [0.4, 0.5) is 0 Å². The topological polar surface area (TPSA) is 15.3 Å². The van der Waals surface area contributed by atoms with E-state index in [0.29, 0.717) is 0 Å². The highest BCUT2D eigenvalue weighted by atomic mass is 32.2. The minimum absolute atomic E-state index is 0.847. The SMILES string of the molecule is CC1CC(N(C)CC2CCNCC2)CS1. The monoisotopic (exact) mass is 228 g/mol. The van der Waals surface area contributed by atoms with E-state index >= 15 is 0 Å². The van der Waals surface area contributed by atoms with Gasteiger partial charge in [-0.05, 0) is 45.3 Å². The summed E-state index contributed by atoms with van der Waals surface area (Å²) in [5.74, 6) is 2.29. The standard InChI is InChI=1S/C12H24N2S/c1-10-7-12(9-15-10)14(2)8-11-3-5-13-6-4-11/h10-13H,3-9H2,1-2H3. The minimum atomic E-state index is 0.847. The van der Waals surface area contributed by atoms with E-state index in [4.69, 9.17) is 0 Å². The summed E-state index contributed by atoms with van der Waals surface area (Å²) in [6, 6.07) is 0.847.